The van der Waals surface area contributed by atoms with Crippen LogP contribution in [0.1, 0.15) is 6.42 Å². The maximum absolute atomic E-state index is 6.57. The zero-order valence-electron chi connectivity index (χ0n) is 18.9. The van der Waals surface area contributed by atoms with Gasteiger partial charge < -0.3 is 20.9 Å². The van der Waals surface area contributed by atoms with Crippen molar-refractivity contribution >= 4 is 45.4 Å². The molecular formula is C27H28ClN5S. The lowest BCUT2D eigenvalue weighted by Crippen LogP contribution is -2.45. The van der Waals surface area contributed by atoms with E-state index < -0.39 is 0 Å². The molecule has 0 saturated carbocycles. The van der Waals surface area contributed by atoms with E-state index in [-0.39, 0.29) is 0 Å². The summed E-state index contributed by atoms with van der Waals surface area (Å²) < 4.78 is 0. The van der Waals surface area contributed by atoms with E-state index in [0.717, 1.165) is 72.6 Å². The number of hydrogen-bond donors (Lipinski definition) is 3. The number of benzene rings is 2. The Morgan fingerprint density at radius 1 is 1.12 bits per heavy atom. The molecule has 1 fully saturated rings. The number of pyridine rings is 1. The molecule has 5 rings (SSSR count). The Kier molecular flexibility index (Phi) is 7.21. The van der Waals surface area contributed by atoms with E-state index in [0.29, 0.717) is 16.1 Å². The average molecular weight is 490 g/mol. The van der Waals surface area contributed by atoms with Gasteiger partial charge in [-0.1, -0.05) is 48.0 Å². The van der Waals surface area contributed by atoms with Crippen LogP contribution in [0.4, 0.5) is 5.69 Å². The van der Waals surface area contributed by atoms with Gasteiger partial charge in [0.2, 0.25) is 0 Å². The highest BCUT2D eigenvalue weighted by Crippen LogP contribution is 2.33. The van der Waals surface area contributed by atoms with Crippen molar-refractivity contribution in [2.45, 2.75) is 6.42 Å². The second-order valence-corrected chi connectivity index (χ2v) is 9.53. The van der Waals surface area contributed by atoms with Crippen molar-refractivity contribution < 1.29 is 0 Å². The fraction of sp³-hybridized carbons (Fsp3) is 0.259. The minimum absolute atomic E-state index is 0.551. The molecule has 3 aromatic rings. The third kappa shape index (κ3) is 5.47. The van der Waals surface area contributed by atoms with Gasteiger partial charge in [0.05, 0.1) is 10.7 Å². The molecule has 2 aromatic carbocycles. The molecule has 2 heterocycles. The van der Waals surface area contributed by atoms with E-state index in [9.17, 15) is 0 Å². The highest BCUT2D eigenvalue weighted by atomic mass is 35.5. The molecule has 0 radical (unpaired) electrons. The standard InChI is InChI=1S/C27H28ClN5S/c28-25-10-9-22(17-24(25)26-23-4-2-1-3-20(23)11-12-30-26)32-27(34)31-21-7-5-19(6-8-21)18-33-15-13-29-14-16-33/h1-5,7-12,17,19,29H,6,13-16,18H2,(H2,31,32,34). The second kappa shape index (κ2) is 10.7. The van der Waals surface area contributed by atoms with Crippen molar-refractivity contribution in [3.63, 3.8) is 0 Å². The Hall–Kier alpha value is -2.77. The summed E-state index contributed by atoms with van der Waals surface area (Å²) in [5, 5.41) is 13.4. The van der Waals surface area contributed by atoms with Gasteiger partial charge in [0.25, 0.3) is 0 Å². The summed E-state index contributed by atoms with van der Waals surface area (Å²) in [7, 11) is 0. The molecule has 1 aromatic heterocycles. The van der Waals surface area contributed by atoms with Gasteiger partial charge in [-0.2, -0.15) is 0 Å². The number of fused-ring (bicyclic) bond motifs is 1. The highest BCUT2D eigenvalue weighted by molar-refractivity contribution is 7.80. The predicted molar refractivity (Wildman–Crippen MR) is 146 cm³/mol. The first-order valence-corrected chi connectivity index (χ1v) is 12.5. The molecule has 7 heteroatoms. The van der Waals surface area contributed by atoms with Crippen molar-refractivity contribution in [1.29, 1.82) is 0 Å². The van der Waals surface area contributed by atoms with Gasteiger partial charge in [-0.05, 0) is 60.3 Å². The Morgan fingerprint density at radius 3 is 2.79 bits per heavy atom. The van der Waals surface area contributed by atoms with Crippen LogP contribution in [-0.2, 0) is 0 Å². The lowest BCUT2D eigenvalue weighted by Gasteiger charge is -2.30. The first-order chi connectivity index (χ1) is 16.7. The molecular weight excluding hydrogens is 462 g/mol. The molecule has 1 atom stereocenters. The fourth-order valence-corrected chi connectivity index (χ4v) is 4.97. The molecule has 0 amide bonds. The number of rotatable bonds is 5. The van der Waals surface area contributed by atoms with Crippen LogP contribution in [0.25, 0.3) is 22.0 Å². The number of thiocarbonyl (C=S) groups is 1. The molecule has 174 valence electrons. The summed E-state index contributed by atoms with van der Waals surface area (Å²) in [6.45, 7) is 5.54. The number of halogens is 1. The van der Waals surface area contributed by atoms with Crippen LogP contribution in [0.5, 0.6) is 0 Å². The van der Waals surface area contributed by atoms with Gasteiger partial charge in [-0.25, -0.2) is 0 Å². The third-order valence-electron chi connectivity index (χ3n) is 6.30. The molecule has 1 aliphatic heterocycles. The number of hydrogen-bond acceptors (Lipinski definition) is 4. The minimum atomic E-state index is 0.551. The first kappa shape index (κ1) is 23.0. The van der Waals surface area contributed by atoms with Crippen LogP contribution < -0.4 is 16.0 Å². The lowest BCUT2D eigenvalue weighted by atomic mass is 9.98. The van der Waals surface area contributed by atoms with Gasteiger partial charge in [0, 0.05) is 61.3 Å². The molecule has 0 bridgehead atoms. The van der Waals surface area contributed by atoms with Crippen LogP contribution >= 0.6 is 23.8 Å². The molecule has 34 heavy (non-hydrogen) atoms. The summed E-state index contributed by atoms with van der Waals surface area (Å²) in [5.74, 6) is 0.553. The Morgan fingerprint density at radius 2 is 1.97 bits per heavy atom. The summed E-state index contributed by atoms with van der Waals surface area (Å²) in [5.41, 5.74) is 3.63. The number of nitrogens with zero attached hydrogens (tertiary/aromatic N) is 2. The number of anilines is 1. The van der Waals surface area contributed by atoms with Crippen LogP contribution in [0.2, 0.25) is 5.02 Å². The quantitative estimate of drug-likeness (QED) is 0.428. The van der Waals surface area contributed by atoms with Gasteiger partial charge in [0.1, 0.15) is 0 Å². The highest BCUT2D eigenvalue weighted by Gasteiger charge is 2.16. The summed E-state index contributed by atoms with van der Waals surface area (Å²) >= 11 is 12.2. The zero-order valence-corrected chi connectivity index (χ0v) is 20.5. The van der Waals surface area contributed by atoms with E-state index in [4.69, 9.17) is 23.8 Å². The maximum Gasteiger partial charge on any atom is 0.175 e. The van der Waals surface area contributed by atoms with E-state index in [2.05, 4.69) is 56.2 Å². The molecule has 1 unspecified atom stereocenters. The zero-order chi connectivity index (χ0) is 23.3. The number of allylic oxidation sites excluding steroid dienone is 2. The Bertz CT molecular complexity index is 1240. The number of piperazine rings is 1. The van der Waals surface area contributed by atoms with Crippen LogP contribution in [0, 0.1) is 5.92 Å². The number of aromatic nitrogens is 1. The molecule has 5 nitrogen and oxygen atoms in total. The first-order valence-electron chi connectivity index (χ1n) is 11.7. The van der Waals surface area contributed by atoms with E-state index >= 15 is 0 Å². The molecule has 3 N–H and O–H groups in total. The Balaban J connectivity index is 1.23. The Labute approximate surface area is 210 Å². The van der Waals surface area contributed by atoms with Crippen molar-refractivity contribution in [2.75, 3.05) is 38.0 Å². The minimum Gasteiger partial charge on any atom is -0.333 e. The van der Waals surface area contributed by atoms with Crippen LogP contribution in [-0.4, -0.2) is 47.7 Å². The van der Waals surface area contributed by atoms with Crippen molar-refractivity contribution in [3.05, 3.63) is 83.7 Å². The largest absolute Gasteiger partial charge is 0.333 e. The smallest absolute Gasteiger partial charge is 0.175 e. The summed E-state index contributed by atoms with van der Waals surface area (Å²) in [6.07, 6.45) is 9.49. The van der Waals surface area contributed by atoms with Crippen LogP contribution in [0.15, 0.2) is 78.7 Å². The van der Waals surface area contributed by atoms with Gasteiger partial charge in [-0.3, -0.25) is 4.98 Å². The topological polar surface area (TPSA) is 52.2 Å². The molecule has 0 spiro atoms. The average Bonchev–Trinajstić information content (AvgIpc) is 2.87. The van der Waals surface area contributed by atoms with E-state index in [1.165, 1.54) is 0 Å². The van der Waals surface area contributed by atoms with E-state index in [1.54, 1.807) is 0 Å². The normalized spacial score (nSPS) is 18.5. The monoisotopic (exact) mass is 489 g/mol. The second-order valence-electron chi connectivity index (χ2n) is 8.72. The van der Waals surface area contributed by atoms with Crippen molar-refractivity contribution in [3.8, 4) is 11.3 Å². The van der Waals surface area contributed by atoms with Gasteiger partial charge in [0.15, 0.2) is 5.11 Å². The van der Waals surface area contributed by atoms with Gasteiger partial charge >= 0.3 is 0 Å². The lowest BCUT2D eigenvalue weighted by molar-refractivity contribution is 0.219. The summed E-state index contributed by atoms with van der Waals surface area (Å²) in [6, 6.07) is 16.0. The molecule has 2 aliphatic rings. The SMILES string of the molecule is S=C(NC1=CCC(CN2CCNCC2)C=C1)Nc1ccc(Cl)c(-c2nccc3ccccc23)c1. The fourth-order valence-electron chi connectivity index (χ4n) is 4.53. The maximum atomic E-state index is 6.57. The van der Waals surface area contributed by atoms with E-state index in [1.807, 2.05) is 42.6 Å². The van der Waals surface area contributed by atoms with Gasteiger partial charge in [-0.15, -0.1) is 0 Å². The third-order valence-corrected chi connectivity index (χ3v) is 6.84. The summed E-state index contributed by atoms with van der Waals surface area (Å²) in [4.78, 5) is 7.15. The van der Waals surface area contributed by atoms with Crippen molar-refractivity contribution in [1.82, 2.24) is 20.5 Å². The van der Waals surface area contributed by atoms with Crippen molar-refractivity contribution in [2.24, 2.45) is 5.92 Å². The number of nitrogens with one attached hydrogen (secondary N) is 3. The molecule has 1 aliphatic carbocycles. The van der Waals surface area contributed by atoms with Crippen LogP contribution in [0.3, 0.4) is 0 Å². The molecule has 1 saturated heterocycles. The predicted octanol–water partition coefficient (Wildman–Crippen LogP) is 5.21.